The van der Waals surface area contributed by atoms with Crippen LogP contribution in [0.4, 0.5) is 0 Å². The lowest BCUT2D eigenvalue weighted by Gasteiger charge is -2.10. The van der Waals surface area contributed by atoms with Crippen molar-refractivity contribution in [2.24, 2.45) is 5.92 Å². The molecule has 0 bridgehead atoms. The predicted molar refractivity (Wildman–Crippen MR) is 57.0 cm³/mol. The van der Waals surface area contributed by atoms with Gasteiger partial charge < -0.3 is 5.11 Å². The van der Waals surface area contributed by atoms with Crippen molar-refractivity contribution >= 4 is 11.8 Å². The average molecular weight is 206 g/mol. The number of carbonyl (C=O) groups is 2. The van der Waals surface area contributed by atoms with Gasteiger partial charge in [0.05, 0.1) is 0 Å². The summed E-state index contributed by atoms with van der Waals surface area (Å²) in [7, 11) is 0. The van der Waals surface area contributed by atoms with Crippen molar-refractivity contribution in [3.63, 3.8) is 0 Å². The number of hydrogen-bond donors (Lipinski definition) is 1. The fraction of sp³-hybridized carbons (Fsp3) is 0.333. The van der Waals surface area contributed by atoms with E-state index in [4.69, 9.17) is 5.11 Å². The van der Waals surface area contributed by atoms with Crippen molar-refractivity contribution in [3.8, 4) is 0 Å². The van der Waals surface area contributed by atoms with Crippen molar-refractivity contribution in [1.29, 1.82) is 0 Å². The van der Waals surface area contributed by atoms with Crippen molar-refractivity contribution in [3.05, 3.63) is 34.9 Å². The number of hydrogen-bond acceptors (Lipinski definition) is 2. The van der Waals surface area contributed by atoms with E-state index in [1.54, 1.807) is 0 Å². The predicted octanol–water partition coefficient (Wildman–Crippen LogP) is 2.21. The van der Waals surface area contributed by atoms with Gasteiger partial charge in [-0.25, -0.2) is 0 Å². The Morgan fingerprint density at radius 1 is 1.20 bits per heavy atom. The highest BCUT2D eigenvalue weighted by Crippen LogP contribution is 2.17. The monoisotopic (exact) mass is 206 g/mol. The number of carboxylic acids is 1. The molecule has 3 heteroatoms. The van der Waals surface area contributed by atoms with E-state index < -0.39 is 11.9 Å². The molecule has 0 aliphatic carbocycles. The molecule has 80 valence electrons. The lowest BCUT2D eigenvalue weighted by Crippen LogP contribution is -2.22. The number of aliphatic carboxylic acids is 1. The number of Topliss-reactive ketones (excluding diaryl/α,β-unsaturated/α-hetero) is 1. The smallest absolute Gasteiger partial charge is 0.314 e. The van der Waals surface area contributed by atoms with E-state index >= 15 is 0 Å². The molecule has 1 aromatic rings. The topological polar surface area (TPSA) is 54.4 Å². The van der Waals surface area contributed by atoms with Crippen molar-refractivity contribution in [1.82, 2.24) is 0 Å². The highest BCUT2D eigenvalue weighted by Gasteiger charge is 2.24. The van der Waals surface area contributed by atoms with Gasteiger partial charge in [-0.1, -0.05) is 18.2 Å². The maximum absolute atomic E-state index is 11.8. The van der Waals surface area contributed by atoms with Gasteiger partial charge in [0.2, 0.25) is 0 Å². The summed E-state index contributed by atoms with van der Waals surface area (Å²) in [4.78, 5) is 22.6. The SMILES string of the molecule is Cc1cccc(C)c1C(=O)C(C)C(=O)O. The fourth-order valence-electron chi connectivity index (χ4n) is 1.53. The normalized spacial score (nSPS) is 12.2. The second-order valence-corrected chi connectivity index (χ2v) is 3.69. The summed E-state index contributed by atoms with van der Waals surface area (Å²) >= 11 is 0. The third-order valence-electron chi connectivity index (χ3n) is 2.49. The standard InChI is InChI=1S/C12H14O3/c1-7-5-4-6-8(2)10(7)11(13)9(3)12(14)15/h4-6,9H,1-3H3,(H,14,15). The van der Waals surface area contributed by atoms with Crippen LogP contribution in [0.15, 0.2) is 18.2 Å². The van der Waals surface area contributed by atoms with Crippen LogP contribution in [0.1, 0.15) is 28.4 Å². The maximum atomic E-state index is 11.8. The molecule has 0 spiro atoms. The first-order chi connectivity index (χ1) is 6.95. The molecular formula is C12H14O3. The van der Waals surface area contributed by atoms with E-state index in [9.17, 15) is 9.59 Å². The van der Waals surface area contributed by atoms with Crippen LogP contribution in [-0.4, -0.2) is 16.9 Å². The minimum Gasteiger partial charge on any atom is -0.481 e. The van der Waals surface area contributed by atoms with Crippen LogP contribution in [0.3, 0.4) is 0 Å². The molecule has 0 aliphatic rings. The zero-order valence-electron chi connectivity index (χ0n) is 9.07. The molecule has 1 aromatic carbocycles. The molecular weight excluding hydrogens is 192 g/mol. The van der Waals surface area contributed by atoms with Crippen LogP contribution in [0.5, 0.6) is 0 Å². The summed E-state index contributed by atoms with van der Waals surface area (Å²) in [5.74, 6) is -2.38. The van der Waals surface area contributed by atoms with Gasteiger partial charge in [0.1, 0.15) is 5.92 Å². The lowest BCUT2D eigenvalue weighted by atomic mass is 9.92. The van der Waals surface area contributed by atoms with E-state index in [0.29, 0.717) is 5.56 Å². The fourth-order valence-corrected chi connectivity index (χ4v) is 1.53. The lowest BCUT2D eigenvalue weighted by molar-refractivity contribution is -0.139. The summed E-state index contributed by atoms with van der Waals surface area (Å²) in [5, 5.41) is 8.77. The molecule has 0 aliphatic heterocycles. The number of carboxylic acid groups (broad SMARTS) is 1. The van der Waals surface area contributed by atoms with Crippen LogP contribution in [-0.2, 0) is 4.79 Å². The summed E-state index contributed by atoms with van der Waals surface area (Å²) in [6, 6.07) is 5.48. The Balaban J connectivity index is 3.17. The van der Waals surface area contributed by atoms with Crippen molar-refractivity contribution < 1.29 is 14.7 Å². The molecule has 0 saturated carbocycles. The number of carbonyl (C=O) groups excluding carboxylic acids is 1. The van der Waals surface area contributed by atoms with Gasteiger partial charge in [-0.15, -0.1) is 0 Å². The van der Waals surface area contributed by atoms with E-state index in [1.807, 2.05) is 32.0 Å². The maximum Gasteiger partial charge on any atom is 0.314 e. The molecule has 15 heavy (non-hydrogen) atoms. The Morgan fingerprint density at radius 3 is 2.07 bits per heavy atom. The van der Waals surface area contributed by atoms with Gasteiger partial charge in [-0.05, 0) is 31.9 Å². The number of rotatable bonds is 3. The second kappa shape index (κ2) is 4.26. The van der Waals surface area contributed by atoms with Crippen molar-refractivity contribution in [2.75, 3.05) is 0 Å². The first-order valence-electron chi connectivity index (χ1n) is 4.78. The number of benzene rings is 1. The Kier molecular flexibility index (Phi) is 3.24. The second-order valence-electron chi connectivity index (χ2n) is 3.69. The summed E-state index contributed by atoms with van der Waals surface area (Å²) in [5.41, 5.74) is 2.19. The van der Waals surface area contributed by atoms with Gasteiger partial charge in [0.25, 0.3) is 0 Å². The zero-order valence-corrected chi connectivity index (χ0v) is 9.07. The Morgan fingerprint density at radius 2 is 1.67 bits per heavy atom. The number of ketones is 1. The Hall–Kier alpha value is -1.64. The summed E-state index contributed by atoms with van der Waals surface area (Å²) in [6.07, 6.45) is 0. The largest absolute Gasteiger partial charge is 0.481 e. The van der Waals surface area contributed by atoms with Gasteiger partial charge in [-0.3, -0.25) is 9.59 Å². The zero-order chi connectivity index (χ0) is 11.6. The highest BCUT2D eigenvalue weighted by molar-refractivity contribution is 6.09. The number of aryl methyl sites for hydroxylation is 2. The van der Waals surface area contributed by atoms with E-state index in [2.05, 4.69) is 0 Å². The van der Waals surface area contributed by atoms with Gasteiger partial charge in [0, 0.05) is 5.56 Å². The van der Waals surface area contributed by atoms with Crippen LogP contribution >= 0.6 is 0 Å². The van der Waals surface area contributed by atoms with E-state index in [0.717, 1.165) is 11.1 Å². The van der Waals surface area contributed by atoms with Gasteiger partial charge in [0.15, 0.2) is 5.78 Å². The Labute approximate surface area is 88.7 Å². The summed E-state index contributed by atoms with van der Waals surface area (Å²) in [6.45, 7) is 5.04. The minimum atomic E-state index is -1.08. The Bertz CT molecular complexity index is 387. The summed E-state index contributed by atoms with van der Waals surface area (Å²) < 4.78 is 0. The molecule has 1 atom stereocenters. The van der Waals surface area contributed by atoms with Crippen LogP contribution < -0.4 is 0 Å². The first-order valence-corrected chi connectivity index (χ1v) is 4.78. The molecule has 0 radical (unpaired) electrons. The molecule has 1 rings (SSSR count). The third kappa shape index (κ3) is 2.24. The van der Waals surface area contributed by atoms with Gasteiger partial charge in [-0.2, -0.15) is 0 Å². The highest BCUT2D eigenvalue weighted by atomic mass is 16.4. The molecule has 1 unspecified atom stereocenters. The van der Waals surface area contributed by atoms with Crippen molar-refractivity contribution in [2.45, 2.75) is 20.8 Å². The van der Waals surface area contributed by atoms with Crippen LogP contribution in [0, 0.1) is 19.8 Å². The quantitative estimate of drug-likeness (QED) is 0.609. The molecule has 0 heterocycles. The van der Waals surface area contributed by atoms with E-state index in [1.165, 1.54) is 6.92 Å². The average Bonchev–Trinajstić information content (AvgIpc) is 2.15. The minimum absolute atomic E-state index is 0.321. The molecule has 0 amide bonds. The third-order valence-corrected chi connectivity index (χ3v) is 2.49. The van der Waals surface area contributed by atoms with Gasteiger partial charge >= 0.3 is 5.97 Å². The molecule has 0 saturated heterocycles. The molecule has 1 N–H and O–H groups in total. The molecule has 0 fully saturated rings. The van der Waals surface area contributed by atoms with Crippen LogP contribution in [0.2, 0.25) is 0 Å². The first kappa shape index (κ1) is 11.4. The molecule has 0 aromatic heterocycles. The van der Waals surface area contributed by atoms with E-state index in [-0.39, 0.29) is 5.78 Å². The van der Waals surface area contributed by atoms with Crippen LogP contribution in [0.25, 0.3) is 0 Å². The molecule has 3 nitrogen and oxygen atoms in total.